The van der Waals surface area contributed by atoms with Gasteiger partial charge in [-0.3, -0.25) is 19.0 Å². The van der Waals surface area contributed by atoms with Gasteiger partial charge in [-0.05, 0) is 24.3 Å². The molecule has 152 valence electrons. The van der Waals surface area contributed by atoms with Crippen LogP contribution in [0.3, 0.4) is 0 Å². The fourth-order valence-corrected chi connectivity index (χ4v) is 3.36. The van der Waals surface area contributed by atoms with Crippen molar-refractivity contribution in [3.8, 4) is 0 Å². The molecule has 1 N–H and O–H groups in total. The number of hydrogen-bond donors (Lipinski definition) is 1. The van der Waals surface area contributed by atoms with Gasteiger partial charge in [0.15, 0.2) is 5.76 Å². The van der Waals surface area contributed by atoms with Crippen LogP contribution in [0.2, 0.25) is 0 Å². The third-order valence-electron chi connectivity index (χ3n) is 4.85. The molecule has 9 heteroatoms. The molecular weight excluding hydrogens is 372 g/mol. The van der Waals surface area contributed by atoms with E-state index in [1.165, 1.54) is 0 Å². The van der Waals surface area contributed by atoms with Gasteiger partial charge in [0, 0.05) is 24.9 Å². The maximum atomic E-state index is 12.4. The Hall–Kier alpha value is -3.36. The number of hydrogen-bond acceptors (Lipinski definition) is 5. The summed E-state index contributed by atoms with van der Waals surface area (Å²) in [5, 5.41) is 11.5. The standard InChI is InChI=1S/C20H24N6O3/c1-14(2)20(28)24-8-9-26-16(12-24)10-15(23-26)11-21-19(27)18-5-4-17(29-18)13-25-7-3-6-22-25/h3-7,10,14H,8-9,11-13H2,1-2H3,(H,21,27). The van der Waals surface area contributed by atoms with Crippen molar-refractivity contribution in [2.45, 2.75) is 40.0 Å². The fraction of sp³-hybridized carbons (Fsp3) is 0.400. The maximum absolute atomic E-state index is 12.4. The summed E-state index contributed by atoms with van der Waals surface area (Å²) in [7, 11) is 0. The summed E-state index contributed by atoms with van der Waals surface area (Å²) in [6.07, 6.45) is 3.53. The maximum Gasteiger partial charge on any atom is 0.287 e. The molecule has 0 aromatic carbocycles. The van der Waals surface area contributed by atoms with Crippen LogP contribution in [0.25, 0.3) is 0 Å². The number of rotatable bonds is 6. The van der Waals surface area contributed by atoms with E-state index in [-0.39, 0.29) is 23.5 Å². The van der Waals surface area contributed by atoms with Crippen molar-refractivity contribution in [1.82, 2.24) is 29.8 Å². The van der Waals surface area contributed by atoms with E-state index in [0.29, 0.717) is 38.5 Å². The van der Waals surface area contributed by atoms with E-state index in [0.717, 1.165) is 11.4 Å². The number of furan rings is 1. The smallest absolute Gasteiger partial charge is 0.287 e. The van der Waals surface area contributed by atoms with E-state index in [9.17, 15) is 9.59 Å². The van der Waals surface area contributed by atoms with Crippen molar-refractivity contribution in [2.24, 2.45) is 5.92 Å². The summed E-state index contributed by atoms with van der Waals surface area (Å²) in [4.78, 5) is 26.4. The number of aromatic nitrogens is 4. The summed E-state index contributed by atoms with van der Waals surface area (Å²) in [5.41, 5.74) is 1.74. The third kappa shape index (κ3) is 4.23. The van der Waals surface area contributed by atoms with Crippen LogP contribution in [0.15, 0.2) is 41.1 Å². The van der Waals surface area contributed by atoms with Gasteiger partial charge in [-0.15, -0.1) is 0 Å². The highest BCUT2D eigenvalue weighted by molar-refractivity contribution is 5.91. The summed E-state index contributed by atoms with van der Waals surface area (Å²) in [5.74, 6) is 0.751. The van der Waals surface area contributed by atoms with E-state index in [1.807, 2.05) is 41.8 Å². The molecule has 9 nitrogen and oxygen atoms in total. The van der Waals surface area contributed by atoms with Gasteiger partial charge in [-0.25, -0.2) is 0 Å². The fourth-order valence-electron chi connectivity index (χ4n) is 3.36. The van der Waals surface area contributed by atoms with Crippen LogP contribution in [-0.4, -0.2) is 42.8 Å². The number of nitrogens with zero attached hydrogens (tertiary/aromatic N) is 5. The SMILES string of the molecule is CC(C)C(=O)N1CCn2nc(CNC(=O)c3ccc(Cn4cccn4)o3)cc2C1. The van der Waals surface area contributed by atoms with Gasteiger partial charge in [-0.1, -0.05) is 13.8 Å². The molecule has 0 saturated carbocycles. The zero-order valence-electron chi connectivity index (χ0n) is 16.5. The summed E-state index contributed by atoms with van der Waals surface area (Å²) < 4.78 is 9.24. The molecule has 3 aromatic heterocycles. The number of nitrogens with one attached hydrogen (secondary N) is 1. The second kappa shape index (κ2) is 7.94. The van der Waals surface area contributed by atoms with Gasteiger partial charge in [0.05, 0.1) is 37.6 Å². The number of carbonyl (C=O) groups is 2. The largest absolute Gasteiger partial charge is 0.454 e. The van der Waals surface area contributed by atoms with Gasteiger partial charge < -0.3 is 14.6 Å². The van der Waals surface area contributed by atoms with Crippen molar-refractivity contribution >= 4 is 11.8 Å². The van der Waals surface area contributed by atoms with Crippen molar-refractivity contribution < 1.29 is 14.0 Å². The predicted molar refractivity (Wildman–Crippen MR) is 104 cm³/mol. The minimum Gasteiger partial charge on any atom is -0.454 e. The van der Waals surface area contributed by atoms with E-state index in [4.69, 9.17) is 4.42 Å². The molecule has 0 fully saturated rings. The highest BCUT2D eigenvalue weighted by Gasteiger charge is 2.24. The molecule has 3 aromatic rings. The zero-order chi connectivity index (χ0) is 20.4. The van der Waals surface area contributed by atoms with Crippen molar-refractivity contribution in [2.75, 3.05) is 6.54 Å². The molecule has 0 radical (unpaired) electrons. The highest BCUT2D eigenvalue weighted by Crippen LogP contribution is 2.16. The lowest BCUT2D eigenvalue weighted by Gasteiger charge is -2.29. The second-order valence-corrected chi connectivity index (χ2v) is 7.42. The zero-order valence-corrected chi connectivity index (χ0v) is 16.5. The first kappa shape index (κ1) is 19.0. The monoisotopic (exact) mass is 396 g/mol. The molecule has 4 heterocycles. The molecule has 0 atom stereocenters. The molecule has 4 rings (SSSR count). The Kier molecular flexibility index (Phi) is 5.20. The normalized spacial score (nSPS) is 13.6. The van der Waals surface area contributed by atoms with Gasteiger partial charge in [0.2, 0.25) is 5.91 Å². The second-order valence-electron chi connectivity index (χ2n) is 7.42. The van der Waals surface area contributed by atoms with Gasteiger partial charge in [0.25, 0.3) is 5.91 Å². The highest BCUT2D eigenvalue weighted by atomic mass is 16.4. The van der Waals surface area contributed by atoms with Gasteiger partial charge >= 0.3 is 0 Å². The Balaban J connectivity index is 1.34. The quantitative estimate of drug-likeness (QED) is 0.683. The predicted octanol–water partition coefficient (Wildman–Crippen LogP) is 1.65. The molecular formula is C20H24N6O3. The molecule has 0 saturated heterocycles. The van der Waals surface area contributed by atoms with E-state index < -0.39 is 0 Å². The number of fused-ring (bicyclic) bond motifs is 1. The molecule has 1 aliphatic heterocycles. The van der Waals surface area contributed by atoms with E-state index in [2.05, 4.69) is 15.5 Å². The summed E-state index contributed by atoms with van der Waals surface area (Å²) in [6.45, 7) is 6.45. The average Bonchev–Trinajstić information content (AvgIpc) is 3.45. The molecule has 1 aliphatic rings. The topological polar surface area (TPSA) is 98.2 Å². The summed E-state index contributed by atoms with van der Waals surface area (Å²) >= 11 is 0. The minimum atomic E-state index is -0.292. The van der Waals surface area contributed by atoms with Crippen LogP contribution in [0.1, 0.15) is 41.6 Å². The molecule has 0 unspecified atom stereocenters. The lowest BCUT2D eigenvalue weighted by molar-refractivity contribution is -0.136. The first-order chi connectivity index (χ1) is 14.0. The Bertz CT molecular complexity index is 1000. The van der Waals surface area contributed by atoms with E-state index in [1.54, 1.807) is 23.0 Å². The van der Waals surface area contributed by atoms with Crippen molar-refractivity contribution in [3.05, 3.63) is 59.6 Å². The van der Waals surface area contributed by atoms with Crippen LogP contribution in [-0.2, 0) is 31.0 Å². The Labute approximate surface area is 168 Å². The number of amides is 2. The molecule has 0 spiro atoms. The Morgan fingerprint density at radius 1 is 1.28 bits per heavy atom. The van der Waals surface area contributed by atoms with Crippen LogP contribution in [0.4, 0.5) is 0 Å². The first-order valence-electron chi connectivity index (χ1n) is 9.68. The van der Waals surface area contributed by atoms with Crippen LogP contribution in [0, 0.1) is 5.92 Å². The molecule has 29 heavy (non-hydrogen) atoms. The Morgan fingerprint density at radius 2 is 2.14 bits per heavy atom. The first-order valence-corrected chi connectivity index (χ1v) is 9.68. The number of carbonyl (C=O) groups excluding carboxylic acids is 2. The van der Waals surface area contributed by atoms with Gasteiger partial charge in [-0.2, -0.15) is 10.2 Å². The summed E-state index contributed by atoms with van der Waals surface area (Å²) in [6, 6.07) is 7.19. The molecule has 2 amide bonds. The third-order valence-corrected chi connectivity index (χ3v) is 4.85. The molecule has 0 aliphatic carbocycles. The van der Waals surface area contributed by atoms with Crippen LogP contribution < -0.4 is 5.32 Å². The van der Waals surface area contributed by atoms with E-state index >= 15 is 0 Å². The molecule has 0 bridgehead atoms. The lowest BCUT2D eigenvalue weighted by Crippen LogP contribution is -2.40. The van der Waals surface area contributed by atoms with Gasteiger partial charge in [0.1, 0.15) is 5.76 Å². The van der Waals surface area contributed by atoms with Crippen molar-refractivity contribution in [3.63, 3.8) is 0 Å². The van der Waals surface area contributed by atoms with Crippen molar-refractivity contribution in [1.29, 1.82) is 0 Å². The van der Waals surface area contributed by atoms with Crippen LogP contribution in [0.5, 0.6) is 0 Å². The Morgan fingerprint density at radius 3 is 2.90 bits per heavy atom. The average molecular weight is 396 g/mol. The lowest BCUT2D eigenvalue weighted by atomic mass is 10.1. The van der Waals surface area contributed by atoms with Crippen LogP contribution >= 0.6 is 0 Å². The minimum absolute atomic E-state index is 0.0188.